The van der Waals surface area contributed by atoms with E-state index < -0.39 is 0 Å². The summed E-state index contributed by atoms with van der Waals surface area (Å²) in [6.07, 6.45) is 2.03. The van der Waals surface area contributed by atoms with Gasteiger partial charge in [-0.05, 0) is 25.7 Å². The first-order valence-corrected chi connectivity index (χ1v) is 6.07. The number of hydrogen-bond donors (Lipinski definition) is 1. The van der Waals surface area contributed by atoms with Crippen LogP contribution in [0.15, 0.2) is 10.6 Å². The molecule has 0 atom stereocenters. The Bertz CT molecular complexity index is 447. The number of nitrogens with zero attached hydrogens (tertiary/aromatic N) is 2. The number of carbonyl (C=O) groups excluding carboxylic acids is 2. The van der Waals surface area contributed by atoms with Crippen LogP contribution >= 0.6 is 0 Å². The van der Waals surface area contributed by atoms with Crippen LogP contribution in [-0.4, -0.2) is 35.0 Å². The van der Waals surface area contributed by atoms with E-state index in [2.05, 4.69) is 5.16 Å². The highest BCUT2D eigenvalue weighted by Crippen LogP contribution is 2.21. The van der Waals surface area contributed by atoms with Gasteiger partial charge in [0.25, 0.3) is 5.91 Å². The van der Waals surface area contributed by atoms with E-state index in [-0.39, 0.29) is 11.8 Å². The first-order valence-electron chi connectivity index (χ1n) is 6.07. The molecule has 0 aliphatic carbocycles. The third-order valence-electron chi connectivity index (χ3n) is 3.24. The van der Waals surface area contributed by atoms with E-state index in [1.54, 1.807) is 17.9 Å². The molecule has 98 valence electrons. The second-order valence-corrected chi connectivity index (χ2v) is 4.73. The first kappa shape index (κ1) is 12.6. The van der Waals surface area contributed by atoms with Crippen LogP contribution in [0.1, 0.15) is 35.5 Å². The van der Waals surface area contributed by atoms with Crippen molar-refractivity contribution in [1.29, 1.82) is 0 Å². The minimum Gasteiger partial charge on any atom is -0.370 e. The molecule has 18 heavy (non-hydrogen) atoms. The average Bonchev–Trinajstić information content (AvgIpc) is 2.75. The van der Waals surface area contributed by atoms with Gasteiger partial charge >= 0.3 is 0 Å². The summed E-state index contributed by atoms with van der Waals surface area (Å²) in [5.74, 6) is 0.545. The normalized spacial score (nSPS) is 16.8. The van der Waals surface area contributed by atoms with Crippen molar-refractivity contribution in [3.8, 4) is 0 Å². The van der Waals surface area contributed by atoms with Crippen molar-refractivity contribution in [2.24, 2.45) is 11.7 Å². The lowest BCUT2D eigenvalue weighted by molar-refractivity contribution is -0.119. The van der Waals surface area contributed by atoms with E-state index in [4.69, 9.17) is 10.3 Å². The molecule has 2 N–H and O–H groups in total. The average molecular weight is 251 g/mol. The number of likely N-dealkylation sites (tertiary alicyclic amines) is 1. The Morgan fingerprint density at radius 1 is 1.50 bits per heavy atom. The highest BCUT2D eigenvalue weighted by atomic mass is 16.5. The number of aromatic nitrogens is 1. The Hall–Kier alpha value is -1.85. The maximum absolute atomic E-state index is 12.1. The molecule has 0 bridgehead atoms. The molecule has 0 unspecified atom stereocenters. The van der Waals surface area contributed by atoms with Crippen molar-refractivity contribution in [1.82, 2.24) is 10.1 Å². The van der Waals surface area contributed by atoms with Crippen molar-refractivity contribution in [3.63, 3.8) is 0 Å². The van der Waals surface area contributed by atoms with Gasteiger partial charge in [0.2, 0.25) is 5.91 Å². The standard InChI is InChI=1S/C12H17N3O3/c1-8-6-10(14-18-8)12(17)15-4-2-9(3-5-15)7-11(13)16/h6,9H,2-5,7H2,1H3,(H2,13,16). The van der Waals surface area contributed by atoms with Gasteiger partial charge in [-0.1, -0.05) is 5.16 Å². The topological polar surface area (TPSA) is 89.4 Å². The lowest BCUT2D eigenvalue weighted by Gasteiger charge is -2.30. The molecule has 0 saturated carbocycles. The lowest BCUT2D eigenvalue weighted by atomic mass is 9.93. The minimum absolute atomic E-state index is 0.107. The van der Waals surface area contributed by atoms with Crippen LogP contribution in [0.2, 0.25) is 0 Å². The van der Waals surface area contributed by atoms with Crippen molar-refractivity contribution in [3.05, 3.63) is 17.5 Å². The van der Waals surface area contributed by atoms with Crippen molar-refractivity contribution >= 4 is 11.8 Å². The van der Waals surface area contributed by atoms with Gasteiger partial charge in [0.05, 0.1) is 0 Å². The number of carbonyl (C=O) groups is 2. The van der Waals surface area contributed by atoms with Gasteiger partial charge in [-0.25, -0.2) is 0 Å². The van der Waals surface area contributed by atoms with E-state index >= 15 is 0 Å². The molecule has 1 fully saturated rings. The van der Waals surface area contributed by atoms with Crippen molar-refractivity contribution in [2.45, 2.75) is 26.2 Å². The molecule has 0 radical (unpaired) electrons. The summed E-state index contributed by atoms with van der Waals surface area (Å²) in [4.78, 5) is 24.6. The quantitative estimate of drug-likeness (QED) is 0.856. The molecule has 1 aromatic rings. The number of aryl methyl sites for hydroxylation is 1. The second kappa shape index (κ2) is 5.20. The molecule has 6 nitrogen and oxygen atoms in total. The Morgan fingerprint density at radius 3 is 2.67 bits per heavy atom. The largest absolute Gasteiger partial charge is 0.370 e. The molecule has 0 aromatic carbocycles. The van der Waals surface area contributed by atoms with E-state index in [0.29, 0.717) is 36.9 Å². The lowest BCUT2D eigenvalue weighted by Crippen LogP contribution is -2.39. The summed E-state index contributed by atoms with van der Waals surface area (Å²) in [5, 5.41) is 3.72. The Kier molecular flexibility index (Phi) is 3.64. The van der Waals surface area contributed by atoms with Crippen LogP contribution in [0.3, 0.4) is 0 Å². The van der Waals surface area contributed by atoms with Gasteiger partial charge in [-0.3, -0.25) is 9.59 Å². The summed E-state index contributed by atoms with van der Waals surface area (Å²) in [5.41, 5.74) is 5.52. The number of amides is 2. The molecule has 1 aliphatic heterocycles. The molecular weight excluding hydrogens is 234 g/mol. The van der Waals surface area contributed by atoms with Gasteiger partial charge < -0.3 is 15.2 Å². The van der Waals surface area contributed by atoms with Gasteiger partial charge in [-0.2, -0.15) is 0 Å². The molecule has 2 heterocycles. The molecular formula is C12H17N3O3. The zero-order valence-electron chi connectivity index (χ0n) is 10.4. The summed E-state index contributed by atoms with van der Waals surface area (Å²) in [6, 6.07) is 1.64. The molecule has 0 spiro atoms. The first-order chi connectivity index (χ1) is 8.56. The Morgan fingerprint density at radius 2 is 2.17 bits per heavy atom. The highest BCUT2D eigenvalue weighted by Gasteiger charge is 2.26. The minimum atomic E-state index is -0.271. The summed E-state index contributed by atoms with van der Waals surface area (Å²) in [6.45, 7) is 3.04. The van der Waals surface area contributed by atoms with E-state index in [1.165, 1.54) is 0 Å². The molecule has 2 rings (SSSR count). The number of piperidine rings is 1. The fraction of sp³-hybridized carbons (Fsp3) is 0.583. The summed E-state index contributed by atoms with van der Waals surface area (Å²) < 4.78 is 4.89. The van der Waals surface area contributed by atoms with Gasteiger partial charge in [0.1, 0.15) is 5.76 Å². The maximum atomic E-state index is 12.1. The second-order valence-electron chi connectivity index (χ2n) is 4.73. The molecule has 2 amide bonds. The smallest absolute Gasteiger partial charge is 0.276 e. The van der Waals surface area contributed by atoms with E-state index in [0.717, 1.165) is 12.8 Å². The Labute approximate surface area is 105 Å². The number of hydrogen-bond acceptors (Lipinski definition) is 4. The van der Waals surface area contributed by atoms with Crippen molar-refractivity contribution in [2.75, 3.05) is 13.1 Å². The summed E-state index contributed by atoms with van der Waals surface area (Å²) in [7, 11) is 0. The van der Waals surface area contributed by atoms with Crippen LogP contribution < -0.4 is 5.73 Å². The molecule has 1 aromatic heterocycles. The fourth-order valence-corrected chi connectivity index (χ4v) is 2.25. The number of rotatable bonds is 3. The van der Waals surface area contributed by atoms with Gasteiger partial charge in [-0.15, -0.1) is 0 Å². The van der Waals surface area contributed by atoms with Crippen LogP contribution in [0.25, 0.3) is 0 Å². The Balaban J connectivity index is 1.90. The monoisotopic (exact) mass is 251 g/mol. The third kappa shape index (κ3) is 2.88. The van der Waals surface area contributed by atoms with E-state index in [1.807, 2.05) is 0 Å². The summed E-state index contributed by atoms with van der Waals surface area (Å²) >= 11 is 0. The predicted molar refractivity (Wildman–Crippen MR) is 63.7 cm³/mol. The maximum Gasteiger partial charge on any atom is 0.276 e. The molecule has 1 saturated heterocycles. The number of nitrogens with two attached hydrogens (primary N) is 1. The van der Waals surface area contributed by atoms with Crippen LogP contribution in [-0.2, 0) is 4.79 Å². The third-order valence-corrected chi connectivity index (χ3v) is 3.24. The van der Waals surface area contributed by atoms with Gasteiger partial charge in [0.15, 0.2) is 5.69 Å². The van der Waals surface area contributed by atoms with Crippen molar-refractivity contribution < 1.29 is 14.1 Å². The molecule has 1 aliphatic rings. The molecule has 6 heteroatoms. The SMILES string of the molecule is Cc1cc(C(=O)N2CCC(CC(N)=O)CC2)no1. The highest BCUT2D eigenvalue weighted by molar-refractivity contribution is 5.92. The van der Waals surface area contributed by atoms with Crippen LogP contribution in [0.5, 0.6) is 0 Å². The van der Waals surface area contributed by atoms with E-state index in [9.17, 15) is 9.59 Å². The van der Waals surface area contributed by atoms with Gasteiger partial charge in [0, 0.05) is 25.6 Å². The fourth-order valence-electron chi connectivity index (χ4n) is 2.25. The zero-order chi connectivity index (χ0) is 13.1. The zero-order valence-corrected chi connectivity index (χ0v) is 10.4. The van der Waals surface area contributed by atoms with Crippen LogP contribution in [0, 0.1) is 12.8 Å². The predicted octanol–water partition coefficient (Wildman–Crippen LogP) is 0.711. The number of primary amides is 1. The van der Waals surface area contributed by atoms with Crippen LogP contribution in [0.4, 0.5) is 0 Å².